The van der Waals surface area contributed by atoms with Crippen molar-refractivity contribution in [3.63, 3.8) is 0 Å². The molecular weight excluding hydrogens is 246 g/mol. The van der Waals surface area contributed by atoms with Crippen LogP contribution in [0.5, 0.6) is 0 Å². The van der Waals surface area contributed by atoms with Crippen LogP contribution in [0.2, 0.25) is 0 Å². The zero-order valence-corrected chi connectivity index (χ0v) is 13.4. The quantitative estimate of drug-likeness (QED) is 0.562. The van der Waals surface area contributed by atoms with Crippen molar-refractivity contribution in [2.45, 2.75) is 84.0 Å². The molecule has 1 aromatic rings. The molecule has 1 rings (SSSR count). The number of unbranched alkanes of at least 4 members (excludes halogenated alkanes) is 6. The second-order valence-corrected chi connectivity index (χ2v) is 6.01. The predicted molar refractivity (Wildman–Crippen MR) is 83.5 cm³/mol. The lowest BCUT2D eigenvalue weighted by molar-refractivity contribution is 0.370. The molecule has 0 saturated heterocycles. The Labute approximate surface area is 124 Å². The van der Waals surface area contributed by atoms with Crippen molar-refractivity contribution in [2.75, 3.05) is 0 Å². The van der Waals surface area contributed by atoms with E-state index in [4.69, 9.17) is 5.26 Å². The molecule has 1 aromatic heterocycles. The fraction of sp³-hybridized carbons (Fsp3) is 0.765. The lowest BCUT2D eigenvalue weighted by atomic mass is 9.81. The highest BCUT2D eigenvalue weighted by Gasteiger charge is 2.28. The molecule has 0 aliphatic heterocycles. The van der Waals surface area contributed by atoms with E-state index < -0.39 is 0 Å². The monoisotopic (exact) mass is 275 g/mol. The third-order valence-corrected chi connectivity index (χ3v) is 4.40. The van der Waals surface area contributed by atoms with Gasteiger partial charge in [-0.15, -0.1) is 0 Å². The molecule has 0 bridgehead atoms. The van der Waals surface area contributed by atoms with Gasteiger partial charge in [-0.2, -0.15) is 5.26 Å². The molecule has 0 amide bonds. The van der Waals surface area contributed by atoms with Gasteiger partial charge in [0.1, 0.15) is 5.82 Å². The molecule has 112 valence electrons. The fourth-order valence-corrected chi connectivity index (χ4v) is 2.75. The Morgan fingerprint density at radius 1 is 1.15 bits per heavy atom. The van der Waals surface area contributed by atoms with Crippen molar-refractivity contribution >= 4 is 0 Å². The molecule has 0 spiro atoms. The van der Waals surface area contributed by atoms with Crippen molar-refractivity contribution in [1.29, 1.82) is 5.26 Å². The summed E-state index contributed by atoms with van der Waals surface area (Å²) >= 11 is 0. The summed E-state index contributed by atoms with van der Waals surface area (Å²) in [6.45, 7) is 6.68. The first-order chi connectivity index (χ1) is 9.68. The average molecular weight is 275 g/mol. The maximum Gasteiger partial charge on any atom is 0.189 e. The standard InChI is InChI=1S/C17H29N3/c1-4-6-7-8-9-10-11-12-17(3,5-2)16-19-13-14-20(16)15-18/h13-14H,4-12H2,1-3H3. The Bertz CT molecular complexity index is 416. The molecule has 1 atom stereocenters. The minimum absolute atomic E-state index is 0.0304. The van der Waals surface area contributed by atoms with Gasteiger partial charge >= 0.3 is 0 Å². The summed E-state index contributed by atoms with van der Waals surface area (Å²) in [7, 11) is 0. The Kier molecular flexibility index (Phi) is 7.36. The zero-order chi connectivity index (χ0) is 14.8. The molecule has 0 aliphatic carbocycles. The Balaban J connectivity index is 2.41. The molecule has 0 saturated carbocycles. The molecule has 3 nitrogen and oxygen atoms in total. The van der Waals surface area contributed by atoms with Gasteiger partial charge in [0.05, 0.1) is 0 Å². The van der Waals surface area contributed by atoms with Crippen LogP contribution in [0.4, 0.5) is 0 Å². The van der Waals surface area contributed by atoms with Gasteiger partial charge in [-0.05, 0) is 12.8 Å². The Morgan fingerprint density at radius 3 is 2.40 bits per heavy atom. The first-order valence-corrected chi connectivity index (χ1v) is 8.12. The van der Waals surface area contributed by atoms with Crippen molar-refractivity contribution in [1.82, 2.24) is 9.55 Å². The van der Waals surface area contributed by atoms with Gasteiger partial charge < -0.3 is 0 Å². The van der Waals surface area contributed by atoms with Crippen LogP contribution in [0, 0.1) is 11.5 Å². The van der Waals surface area contributed by atoms with Crippen LogP contribution in [0.3, 0.4) is 0 Å². The van der Waals surface area contributed by atoms with E-state index in [-0.39, 0.29) is 5.41 Å². The molecular formula is C17H29N3. The van der Waals surface area contributed by atoms with Crippen molar-refractivity contribution in [3.05, 3.63) is 18.2 Å². The van der Waals surface area contributed by atoms with Crippen molar-refractivity contribution in [3.8, 4) is 6.19 Å². The highest BCUT2D eigenvalue weighted by Crippen LogP contribution is 2.32. The molecule has 0 fully saturated rings. The third kappa shape index (κ3) is 4.67. The van der Waals surface area contributed by atoms with Crippen LogP contribution >= 0.6 is 0 Å². The fourth-order valence-electron chi connectivity index (χ4n) is 2.75. The smallest absolute Gasteiger partial charge is 0.189 e. The van der Waals surface area contributed by atoms with E-state index in [0.717, 1.165) is 18.7 Å². The highest BCUT2D eigenvalue weighted by atomic mass is 15.1. The summed E-state index contributed by atoms with van der Waals surface area (Å²) in [5.41, 5.74) is 0.0304. The van der Waals surface area contributed by atoms with Gasteiger partial charge in [0.2, 0.25) is 0 Å². The van der Waals surface area contributed by atoms with E-state index in [1.54, 1.807) is 17.0 Å². The van der Waals surface area contributed by atoms with E-state index >= 15 is 0 Å². The maximum atomic E-state index is 9.13. The lowest BCUT2D eigenvalue weighted by Crippen LogP contribution is -2.25. The molecule has 3 heteroatoms. The van der Waals surface area contributed by atoms with E-state index in [0.29, 0.717) is 0 Å². The van der Waals surface area contributed by atoms with Gasteiger partial charge in [-0.1, -0.05) is 65.7 Å². The molecule has 0 aliphatic rings. The summed E-state index contributed by atoms with van der Waals surface area (Å²) in [6.07, 6.45) is 17.1. The summed E-state index contributed by atoms with van der Waals surface area (Å²) in [6, 6.07) is 0. The first-order valence-electron chi connectivity index (χ1n) is 8.12. The van der Waals surface area contributed by atoms with Crippen LogP contribution in [-0.2, 0) is 5.41 Å². The summed E-state index contributed by atoms with van der Waals surface area (Å²) < 4.78 is 1.62. The van der Waals surface area contributed by atoms with Gasteiger partial charge in [0, 0.05) is 17.8 Å². The van der Waals surface area contributed by atoms with Crippen LogP contribution in [0.15, 0.2) is 12.4 Å². The number of imidazole rings is 1. The molecule has 0 radical (unpaired) electrons. The van der Waals surface area contributed by atoms with E-state index in [2.05, 4.69) is 31.9 Å². The molecule has 20 heavy (non-hydrogen) atoms. The second kappa shape index (κ2) is 8.79. The SMILES string of the molecule is CCCCCCCCCC(C)(CC)c1nccn1C#N. The summed E-state index contributed by atoms with van der Waals surface area (Å²) in [4.78, 5) is 4.41. The maximum absolute atomic E-state index is 9.13. The van der Waals surface area contributed by atoms with Gasteiger partial charge in [0.25, 0.3) is 0 Å². The zero-order valence-electron chi connectivity index (χ0n) is 13.4. The van der Waals surface area contributed by atoms with E-state index in [1.807, 2.05) is 0 Å². The first kappa shape index (κ1) is 16.8. The van der Waals surface area contributed by atoms with Gasteiger partial charge in [-0.3, -0.25) is 0 Å². The number of nitrogens with zero attached hydrogens (tertiary/aromatic N) is 3. The van der Waals surface area contributed by atoms with Gasteiger partial charge in [0.15, 0.2) is 6.19 Å². The summed E-state index contributed by atoms with van der Waals surface area (Å²) in [5.74, 6) is 0.925. The van der Waals surface area contributed by atoms with Crippen molar-refractivity contribution < 1.29 is 0 Å². The van der Waals surface area contributed by atoms with E-state index in [9.17, 15) is 0 Å². The Hall–Kier alpha value is -1.30. The third-order valence-electron chi connectivity index (χ3n) is 4.40. The number of hydrogen-bond acceptors (Lipinski definition) is 2. The number of nitriles is 1. The average Bonchev–Trinajstić information content (AvgIpc) is 2.95. The van der Waals surface area contributed by atoms with Crippen LogP contribution in [-0.4, -0.2) is 9.55 Å². The minimum atomic E-state index is 0.0304. The minimum Gasteiger partial charge on any atom is -0.240 e. The number of hydrogen-bond donors (Lipinski definition) is 0. The molecule has 0 aromatic carbocycles. The van der Waals surface area contributed by atoms with Gasteiger partial charge in [-0.25, -0.2) is 9.55 Å². The van der Waals surface area contributed by atoms with Crippen LogP contribution in [0.25, 0.3) is 0 Å². The lowest BCUT2D eigenvalue weighted by Gasteiger charge is -2.27. The normalized spacial score (nSPS) is 13.9. The highest BCUT2D eigenvalue weighted by molar-refractivity contribution is 5.12. The van der Waals surface area contributed by atoms with E-state index in [1.165, 1.54) is 44.9 Å². The van der Waals surface area contributed by atoms with Crippen LogP contribution < -0.4 is 0 Å². The van der Waals surface area contributed by atoms with Crippen LogP contribution in [0.1, 0.15) is 84.4 Å². The van der Waals surface area contributed by atoms with Crippen molar-refractivity contribution in [2.24, 2.45) is 0 Å². The summed E-state index contributed by atoms with van der Waals surface area (Å²) in [5, 5.41) is 9.13. The molecule has 0 N–H and O–H groups in total. The molecule has 1 heterocycles. The number of aromatic nitrogens is 2. The number of rotatable bonds is 10. The topological polar surface area (TPSA) is 41.6 Å². The predicted octanol–water partition coefficient (Wildman–Crippen LogP) is 5.02. The second-order valence-electron chi connectivity index (χ2n) is 6.01. The largest absolute Gasteiger partial charge is 0.240 e. The Morgan fingerprint density at radius 2 is 1.80 bits per heavy atom. The molecule has 1 unspecified atom stereocenters.